The van der Waals surface area contributed by atoms with Gasteiger partial charge in [-0.2, -0.15) is 0 Å². The monoisotopic (exact) mass is 305 g/mol. The first-order chi connectivity index (χ1) is 10.2. The quantitative estimate of drug-likeness (QED) is 0.785. The van der Waals surface area contributed by atoms with Crippen LogP contribution < -0.4 is 0 Å². The van der Waals surface area contributed by atoms with Gasteiger partial charge >= 0.3 is 5.97 Å². The molecule has 2 aliphatic heterocycles. The summed E-state index contributed by atoms with van der Waals surface area (Å²) in [7, 11) is 1.42. The van der Waals surface area contributed by atoms with Gasteiger partial charge < -0.3 is 9.64 Å². The van der Waals surface area contributed by atoms with Crippen LogP contribution in [0.5, 0.6) is 0 Å². The molecule has 4 nitrogen and oxygen atoms in total. The Balaban J connectivity index is 1.57. The predicted octanol–water partition coefficient (Wildman–Crippen LogP) is 2.11. The SMILES string of the molecule is COC(=O)C1CCN(C(=O)C2Cc3ccccc3S2)CC1. The van der Waals surface area contributed by atoms with Crippen LogP contribution in [0.1, 0.15) is 18.4 Å². The molecule has 1 atom stereocenters. The number of likely N-dealkylation sites (tertiary alicyclic amines) is 1. The van der Waals surface area contributed by atoms with Gasteiger partial charge in [-0.15, -0.1) is 11.8 Å². The molecule has 1 amide bonds. The summed E-state index contributed by atoms with van der Waals surface area (Å²) in [5.74, 6) is 0.0109. The Labute approximate surface area is 128 Å². The highest BCUT2D eigenvalue weighted by Gasteiger charge is 2.34. The van der Waals surface area contributed by atoms with E-state index < -0.39 is 0 Å². The fourth-order valence-electron chi connectivity index (χ4n) is 3.03. The zero-order valence-corrected chi connectivity index (χ0v) is 12.9. The minimum atomic E-state index is -0.148. The van der Waals surface area contributed by atoms with Crippen molar-refractivity contribution in [3.05, 3.63) is 29.8 Å². The molecule has 2 heterocycles. The van der Waals surface area contributed by atoms with Crippen molar-refractivity contribution >= 4 is 23.6 Å². The first-order valence-corrected chi connectivity index (χ1v) is 8.18. The Morgan fingerprint density at radius 2 is 1.95 bits per heavy atom. The zero-order valence-electron chi connectivity index (χ0n) is 12.1. The van der Waals surface area contributed by atoms with Crippen molar-refractivity contribution in [1.29, 1.82) is 0 Å². The van der Waals surface area contributed by atoms with Crippen molar-refractivity contribution in [2.24, 2.45) is 5.92 Å². The highest BCUT2D eigenvalue weighted by Crippen LogP contribution is 2.38. The molecule has 1 aromatic carbocycles. The molecule has 0 saturated carbocycles. The number of esters is 1. The summed E-state index contributed by atoms with van der Waals surface area (Å²) in [4.78, 5) is 27.3. The second-order valence-corrected chi connectivity index (χ2v) is 6.79. The number of carbonyl (C=O) groups excluding carboxylic acids is 2. The topological polar surface area (TPSA) is 46.6 Å². The van der Waals surface area contributed by atoms with Crippen LogP contribution in [0.2, 0.25) is 0 Å². The summed E-state index contributed by atoms with van der Waals surface area (Å²) >= 11 is 1.67. The molecular formula is C16H19NO3S. The van der Waals surface area contributed by atoms with Gasteiger partial charge in [0.25, 0.3) is 0 Å². The summed E-state index contributed by atoms with van der Waals surface area (Å²) in [6.07, 6.45) is 2.24. The average Bonchev–Trinajstić information content (AvgIpc) is 2.97. The van der Waals surface area contributed by atoms with Gasteiger partial charge in [0.05, 0.1) is 18.3 Å². The first kappa shape index (κ1) is 14.4. The van der Waals surface area contributed by atoms with E-state index >= 15 is 0 Å². The van der Waals surface area contributed by atoms with Crippen LogP contribution in [-0.4, -0.2) is 42.2 Å². The van der Waals surface area contributed by atoms with Crippen LogP contribution in [-0.2, 0) is 20.7 Å². The van der Waals surface area contributed by atoms with Crippen LogP contribution in [0.25, 0.3) is 0 Å². The Morgan fingerprint density at radius 1 is 1.24 bits per heavy atom. The molecule has 1 saturated heterocycles. The lowest BCUT2D eigenvalue weighted by molar-refractivity contribution is -0.148. The lowest BCUT2D eigenvalue weighted by Gasteiger charge is -2.32. The van der Waals surface area contributed by atoms with E-state index in [1.165, 1.54) is 17.6 Å². The fraction of sp³-hybridized carbons (Fsp3) is 0.500. The van der Waals surface area contributed by atoms with Crippen molar-refractivity contribution in [3.63, 3.8) is 0 Å². The van der Waals surface area contributed by atoms with E-state index in [1.54, 1.807) is 11.8 Å². The summed E-state index contributed by atoms with van der Waals surface area (Å²) in [6, 6.07) is 8.21. The molecule has 1 aromatic rings. The van der Waals surface area contributed by atoms with E-state index in [0.29, 0.717) is 25.9 Å². The van der Waals surface area contributed by atoms with E-state index in [0.717, 1.165) is 6.42 Å². The normalized spacial score (nSPS) is 22.0. The number of fused-ring (bicyclic) bond motifs is 1. The number of methoxy groups -OCH3 is 1. The van der Waals surface area contributed by atoms with Gasteiger partial charge in [0.15, 0.2) is 0 Å². The molecular weight excluding hydrogens is 286 g/mol. The van der Waals surface area contributed by atoms with Gasteiger partial charge in [-0.1, -0.05) is 18.2 Å². The standard InChI is InChI=1S/C16H19NO3S/c1-20-16(19)11-6-8-17(9-7-11)15(18)14-10-12-4-2-3-5-13(12)21-14/h2-5,11,14H,6-10H2,1H3. The molecule has 0 N–H and O–H groups in total. The fourth-order valence-corrected chi connectivity index (χ4v) is 4.30. The van der Waals surface area contributed by atoms with Crippen molar-refractivity contribution in [3.8, 4) is 0 Å². The number of rotatable bonds is 2. The van der Waals surface area contributed by atoms with Gasteiger partial charge in [-0.3, -0.25) is 9.59 Å². The van der Waals surface area contributed by atoms with Gasteiger partial charge in [-0.25, -0.2) is 0 Å². The summed E-state index contributed by atoms with van der Waals surface area (Å²) in [5, 5.41) is -0.00271. The van der Waals surface area contributed by atoms with E-state index in [2.05, 4.69) is 12.1 Å². The lowest BCUT2D eigenvalue weighted by atomic mass is 9.96. The summed E-state index contributed by atoms with van der Waals surface area (Å²) < 4.78 is 4.78. The number of thioether (sulfide) groups is 1. The number of nitrogens with zero attached hydrogens (tertiary/aromatic N) is 1. The zero-order chi connectivity index (χ0) is 14.8. The molecule has 21 heavy (non-hydrogen) atoms. The molecule has 112 valence electrons. The Bertz CT molecular complexity index is 527. The van der Waals surface area contributed by atoms with Crippen LogP contribution in [0.3, 0.4) is 0 Å². The van der Waals surface area contributed by atoms with Gasteiger partial charge in [0, 0.05) is 18.0 Å². The molecule has 1 fully saturated rings. The molecule has 0 bridgehead atoms. The Kier molecular flexibility index (Phi) is 4.19. The van der Waals surface area contributed by atoms with E-state index in [4.69, 9.17) is 4.74 Å². The number of piperidine rings is 1. The van der Waals surface area contributed by atoms with E-state index in [9.17, 15) is 9.59 Å². The average molecular weight is 305 g/mol. The lowest BCUT2D eigenvalue weighted by Crippen LogP contribution is -2.44. The van der Waals surface area contributed by atoms with Crippen molar-refractivity contribution < 1.29 is 14.3 Å². The maximum atomic E-state index is 12.6. The maximum Gasteiger partial charge on any atom is 0.308 e. The smallest absolute Gasteiger partial charge is 0.308 e. The molecule has 2 aliphatic rings. The molecule has 0 spiro atoms. The minimum absolute atomic E-state index is 0.00271. The summed E-state index contributed by atoms with van der Waals surface area (Å²) in [5.41, 5.74) is 1.27. The second kappa shape index (κ2) is 6.10. The predicted molar refractivity (Wildman–Crippen MR) is 81.1 cm³/mol. The molecule has 0 aliphatic carbocycles. The highest BCUT2D eigenvalue weighted by molar-refractivity contribution is 8.01. The van der Waals surface area contributed by atoms with Gasteiger partial charge in [0.1, 0.15) is 0 Å². The van der Waals surface area contributed by atoms with E-state index in [1.807, 2.05) is 17.0 Å². The third-order valence-corrected chi connectivity index (χ3v) is 5.57. The number of benzene rings is 1. The van der Waals surface area contributed by atoms with Crippen molar-refractivity contribution in [2.75, 3.05) is 20.2 Å². The molecule has 5 heteroatoms. The van der Waals surface area contributed by atoms with Crippen molar-refractivity contribution in [1.82, 2.24) is 4.90 Å². The largest absolute Gasteiger partial charge is 0.469 e. The Hall–Kier alpha value is -1.49. The van der Waals surface area contributed by atoms with Crippen molar-refractivity contribution in [2.45, 2.75) is 29.4 Å². The van der Waals surface area contributed by atoms with Gasteiger partial charge in [-0.05, 0) is 30.9 Å². The molecule has 1 unspecified atom stereocenters. The number of hydrogen-bond donors (Lipinski definition) is 0. The van der Waals surface area contributed by atoms with Crippen LogP contribution in [0.4, 0.5) is 0 Å². The third kappa shape index (κ3) is 2.93. The number of carbonyl (C=O) groups is 2. The first-order valence-electron chi connectivity index (χ1n) is 7.30. The third-order valence-electron chi connectivity index (χ3n) is 4.26. The maximum absolute atomic E-state index is 12.6. The molecule has 3 rings (SSSR count). The van der Waals surface area contributed by atoms with E-state index in [-0.39, 0.29) is 23.0 Å². The van der Waals surface area contributed by atoms with Crippen LogP contribution in [0, 0.1) is 5.92 Å². The summed E-state index contributed by atoms with van der Waals surface area (Å²) in [6.45, 7) is 1.32. The Morgan fingerprint density at radius 3 is 2.62 bits per heavy atom. The minimum Gasteiger partial charge on any atom is -0.469 e. The second-order valence-electron chi connectivity index (χ2n) is 5.54. The van der Waals surface area contributed by atoms with Crippen LogP contribution in [0.15, 0.2) is 29.2 Å². The van der Waals surface area contributed by atoms with Crippen LogP contribution >= 0.6 is 11.8 Å². The number of amides is 1. The number of ether oxygens (including phenoxy) is 1. The molecule has 0 radical (unpaired) electrons. The molecule has 0 aromatic heterocycles. The number of hydrogen-bond acceptors (Lipinski definition) is 4. The highest BCUT2D eigenvalue weighted by atomic mass is 32.2. The van der Waals surface area contributed by atoms with Gasteiger partial charge in [0.2, 0.25) is 5.91 Å².